The van der Waals surface area contributed by atoms with E-state index in [0.29, 0.717) is 17.0 Å². The summed E-state index contributed by atoms with van der Waals surface area (Å²) in [6, 6.07) is 13.8. The molecule has 0 radical (unpaired) electrons. The minimum Gasteiger partial charge on any atom is -0.496 e. The Morgan fingerprint density at radius 2 is 1.93 bits per heavy atom. The van der Waals surface area contributed by atoms with Crippen molar-refractivity contribution < 1.29 is 19.1 Å². The molecular weight excluding hydrogens is 412 g/mol. The molecule has 0 fully saturated rings. The second kappa shape index (κ2) is 8.26. The predicted octanol–water partition coefficient (Wildman–Crippen LogP) is 3.83. The Bertz CT molecular complexity index is 896. The van der Waals surface area contributed by atoms with Crippen molar-refractivity contribution in [3.05, 3.63) is 75.4 Å². The third-order valence-electron chi connectivity index (χ3n) is 4.21. The molecule has 1 atom stereocenters. The van der Waals surface area contributed by atoms with Crippen LogP contribution in [0.4, 0.5) is 4.79 Å². The van der Waals surface area contributed by atoms with Gasteiger partial charge in [0, 0.05) is 5.70 Å². The van der Waals surface area contributed by atoms with Crippen LogP contribution >= 0.6 is 15.9 Å². The number of carbonyl (C=O) groups is 2. The summed E-state index contributed by atoms with van der Waals surface area (Å²) in [5.74, 6) is 0.175. The Hall–Kier alpha value is -2.80. The van der Waals surface area contributed by atoms with E-state index < -0.39 is 12.0 Å². The largest absolute Gasteiger partial charge is 0.496 e. The van der Waals surface area contributed by atoms with Crippen LogP contribution in [0.2, 0.25) is 0 Å². The number of benzene rings is 2. The van der Waals surface area contributed by atoms with Crippen LogP contribution in [-0.2, 0) is 16.1 Å². The van der Waals surface area contributed by atoms with E-state index >= 15 is 0 Å². The van der Waals surface area contributed by atoms with Crippen LogP contribution in [0.1, 0.15) is 24.1 Å². The van der Waals surface area contributed by atoms with Gasteiger partial charge in [-0.15, -0.1) is 0 Å². The molecule has 2 N–H and O–H groups in total. The average Bonchev–Trinajstić information content (AvgIpc) is 2.66. The van der Waals surface area contributed by atoms with Gasteiger partial charge in [-0.3, -0.25) is 0 Å². The fraction of sp³-hybridized carbons (Fsp3) is 0.200. The lowest BCUT2D eigenvalue weighted by Gasteiger charge is -2.28. The number of carbonyl (C=O) groups excluding carboxylic acids is 2. The van der Waals surface area contributed by atoms with Gasteiger partial charge < -0.3 is 20.1 Å². The smallest absolute Gasteiger partial charge is 0.338 e. The summed E-state index contributed by atoms with van der Waals surface area (Å²) in [5.41, 5.74) is 2.46. The van der Waals surface area contributed by atoms with Gasteiger partial charge in [-0.2, -0.15) is 0 Å². The molecule has 2 aromatic rings. The van der Waals surface area contributed by atoms with Gasteiger partial charge in [0.25, 0.3) is 0 Å². The molecule has 6 nitrogen and oxygen atoms in total. The van der Waals surface area contributed by atoms with E-state index in [4.69, 9.17) is 9.47 Å². The molecule has 2 aromatic carbocycles. The highest BCUT2D eigenvalue weighted by Crippen LogP contribution is 2.33. The van der Waals surface area contributed by atoms with Gasteiger partial charge in [0.15, 0.2) is 0 Å². The molecule has 1 aliphatic rings. The Morgan fingerprint density at radius 1 is 1.19 bits per heavy atom. The summed E-state index contributed by atoms with van der Waals surface area (Å²) in [6.07, 6.45) is 0. The van der Waals surface area contributed by atoms with Crippen LogP contribution < -0.4 is 15.4 Å². The molecule has 0 spiro atoms. The molecule has 27 heavy (non-hydrogen) atoms. The third-order valence-corrected chi connectivity index (χ3v) is 4.83. The monoisotopic (exact) mass is 430 g/mol. The number of rotatable bonds is 5. The summed E-state index contributed by atoms with van der Waals surface area (Å²) in [6.45, 7) is 1.84. The molecule has 1 aliphatic heterocycles. The lowest BCUT2D eigenvalue weighted by Crippen LogP contribution is -2.45. The van der Waals surface area contributed by atoms with Gasteiger partial charge >= 0.3 is 12.0 Å². The molecule has 7 heteroatoms. The standard InChI is InChI=1S/C20H19BrN2O4/c1-12-17(19(24)27-11-13-6-4-3-5-7-13)18(23-20(25)22-12)14-8-9-16(26-2)15(21)10-14/h3-10,18H,11H2,1-2H3,(H2,22,23,25). The first-order valence-electron chi connectivity index (χ1n) is 8.32. The van der Waals surface area contributed by atoms with E-state index in [0.717, 1.165) is 15.6 Å². The summed E-state index contributed by atoms with van der Waals surface area (Å²) in [7, 11) is 1.57. The zero-order valence-corrected chi connectivity index (χ0v) is 16.5. The van der Waals surface area contributed by atoms with Gasteiger partial charge in [-0.1, -0.05) is 36.4 Å². The first-order valence-corrected chi connectivity index (χ1v) is 9.11. The number of nitrogens with one attached hydrogen (secondary N) is 2. The highest BCUT2D eigenvalue weighted by molar-refractivity contribution is 9.10. The van der Waals surface area contributed by atoms with Gasteiger partial charge in [0.05, 0.1) is 23.2 Å². The third kappa shape index (κ3) is 4.31. The number of hydrogen-bond donors (Lipinski definition) is 2. The topological polar surface area (TPSA) is 76.7 Å². The lowest BCUT2D eigenvalue weighted by molar-refractivity contribution is -0.140. The van der Waals surface area contributed by atoms with Gasteiger partial charge in [0.2, 0.25) is 0 Å². The van der Waals surface area contributed by atoms with Crippen molar-refractivity contribution in [2.24, 2.45) is 0 Å². The Kier molecular flexibility index (Phi) is 5.81. The Labute approximate surface area is 165 Å². The maximum atomic E-state index is 12.8. The van der Waals surface area contributed by atoms with Crippen molar-refractivity contribution in [3.63, 3.8) is 0 Å². The molecule has 0 aliphatic carbocycles. The van der Waals surface area contributed by atoms with Crippen molar-refractivity contribution in [2.45, 2.75) is 19.6 Å². The molecule has 1 heterocycles. The SMILES string of the molecule is COc1ccc(C2NC(=O)NC(C)=C2C(=O)OCc2ccccc2)cc1Br. The molecule has 0 bridgehead atoms. The van der Waals surface area contributed by atoms with E-state index in [-0.39, 0.29) is 12.6 Å². The fourth-order valence-corrected chi connectivity index (χ4v) is 3.44. The van der Waals surface area contributed by atoms with Crippen molar-refractivity contribution >= 4 is 27.9 Å². The normalized spacial score (nSPS) is 16.4. The molecule has 0 aromatic heterocycles. The molecule has 2 amide bonds. The van der Waals surface area contributed by atoms with Crippen molar-refractivity contribution in [3.8, 4) is 5.75 Å². The van der Waals surface area contributed by atoms with Gasteiger partial charge in [-0.05, 0) is 46.1 Å². The summed E-state index contributed by atoms with van der Waals surface area (Å²) < 4.78 is 11.4. The second-order valence-electron chi connectivity index (χ2n) is 6.03. The van der Waals surface area contributed by atoms with Crippen molar-refractivity contribution in [1.82, 2.24) is 10.6 Å². The molecule has 140 valence electrons. The second-order valence-corrected chi connectivity index (χ2v) is 6.88. The molecule has 0 saturated heterocycles. The van der Waals surface area contributed by atoms with Crippen LogP contribution in [0.25, 0.3) is 0 Å². The van der Waals surface area contributed by atoms with Crippen molar-refractivity contribution in [1.29, 1.82) is 0 Å². The Morgan fingerprint density at radius 3 is 2.59 bits per heavy atom. The summed E-state index contributed by atoms with van der Waals surface area (Å²) in [5, 5.41) is 5.42. The summed E-state index contributed by atoms with van der Waals surface area (Å²) in [4.78, 5) is 24.7. The Balaban J connectivity index is 1.87. The zero-order chi connectivity index (χ0) is 19.4. The highest BCUT2D eigenvalue weighted by atomic mass is 79.9. The van der Waals surface area contributed by atoms with Crippen LogP contribution in [0.3, 0.4) is 0 Å². The molecular formula is C20H19BrN2O4. The lowest BCUT2D eigenvalue weighted by atomic mass is 9.95. The van der Waals surface area contributed by atoms with Crippen molar-refractivity contribution in [2.75, 3.05) is 7.11 Å². The zero-order valence-electron chi connectivity index (χ0n) is 14.9. The molecule has 1 unspecified atom stereocenters. The van der Waals surface area contributed by atoms with E-state index in [2.05, 4.69) is 26.6 Å². The average molecular weight is 431 g/mol. The van der Waals surface area contributed by atoms with Crippen LogP contribution in [0.15, 0.2) is 64.3 Å². The highest BCUT2D eigenvalue weighted by Gasteiger charge is 2.32. The number of urea groups is 1. The number of halogens is 1. The minimum atomic E-state index is -0.621. The predicted molar refractivity (Wildman–Crippen MR) is 104 cm³/mol. The maximum Gasteiger partial charge on any atom is 0.338 e. The number of methoxy groups -OCH3 is 1. The number of amides is 2. The molecule has 3 rings (SSSR count). The maximum absolute atomic E-state index is 12.8. The molecule has 0 saturated carbocycles. The number of allylic oxidation sites excluding steroid dienone is 1. The van der Waals surface area contributed by atoms with Crippen LogP contribution in [0, 0.1) is 0 Å². The first kappa shape index (κ1) is 19.0. The van der Waals surface area contributed by atoms with Gasteiger partial charge in [0.1, 0.15) is 12.4 Å². The fourth-order valence-electron chi connectivity index (χ4n) is 2.88. The van der Waals surface area contributed by atoms with Gasteiger partial charge in [-0.25, -0.2) is 9.59 Å². The summed E-state index contributed by atoms with van der Waals surface area (Å²) >= 11 is 3.44. The first-order chi connectivity index (χ1) is 13.0. The van der Waals surface area contributed by atoms with Crippen LogP contribution in [-0.4, -0.2) is 19.1 Å². The minimum absolute atomic E-state index is 0.156. The van der Waals surface area contributed by atoms with E-state index in [1.165, 1.54) is 0 Å². The van der Waals surface area contributed by atoms with E-state index in [1.807, 2.05) is 36.4 Å². The van der Waals surface area contributed by atoms with E-state index in [9.17, 15) is 9.59 Å². The van der Waals surface area contributed by atoms with Crippen LogP contribution in [0.5, 0.6) is 5.75 Å². The van der Waals surface area contributed by atoms with E-state index in [1.54, 1.807) is 26.2 Å². The quantitative estimate of drug-likeness (QED) is 0.706. The number of hydrogen-bond acceptors (Lipinski definition) is 4. The number of ether oxygens (including phenoxy) is 2. The number of esters is 1.